The molecule has 1 saturated heterocycles. The summed E-state index contributed by atoms with van der Waals surface area (Å²) >= 11 is 1.57. The fourth-order valence-electron chi connectivity index (χ4n) is 2.79. The van der Waals surface area contributed by atoms with Crippen LogP contribution in [0.4, 0.5) is 0 Å². The van der Waals surface area contributed by atoms with Gasteiger partial charge in [0.05, 0.1) is 36.0 Å². The normalized spacial score (nSPS) is 17.7. The van der Waals surface area contributed by atoms with E-state index in [1.54, 1.807) is 17.5 Å². The van der Waals surface area contributed by atoms with Crippen LogP contribution >= 0.6 is 11.3 Å². The van der Waals surface area contributed by atoms with Gasteiger partial charge in [-0.2, -0.15) is 0 Å². The molecule has 1 atom stereocenters. The second kappa shape index (κ2) is 7.81. The Hall–Kier alpha value is -1.86. The van der Waals surface area contributed by atoms with Gasteiger partial charge < -0.3 is 10.1 Å². The van der Waals surface area contributed by atoms with Gasteiger partial charge >= 0.3 is 0 Å². The molecule has 0 aromatic carbocycles. The van der Waals surface area contributed by atoms with E-state index in [0.29, 0.717) is 19.6 Å². The number of amides is 1. The molecule has 1 N–H and O–H groups in total. The van der Waals surface area contributed by atoms with Crippen molar-refractivity contribution in [3.63, 3.8) is 0 Å². The number of aromatic nitrogens is 3. The zero-order valence-electron chi connectivity index (χ0n) is 14.0. The van der Waals surface area contributed by atoms with Crippen LogP contribution in [0.5, 0.6) is 0 Å². The number of hydrogen-bond donors (Lipinski definition) is 1. The van der Waals surface area contributed by atoms with E-state index in [1.807, 2.05) is 19.9 Å². The van der Waals surface area contributed by atoms with E-state index >= 15 is 0 Å². The molecule has 7 heteroatoms. The van der Waals surface area contributed by atoms with Gasteiger partial charge in [0.15, 0.2) is 0 Å². The molecule has 3 heterocycles. The first-order valence-electron chi connectivity index (χ1n) is 8.21. The first-order valence-corrected chi connectivity index (χ1v) is 9.02. The summed E-state index contributed by atoms with van der Waals surface area (Å²) in [5, 5.41) is 3.92. The molecule has 2 aromatic heterocycles. The van der Waals surface area contributed by atoms with E-state index in [1.165, 1.54) is 0 Å². The molecule has 1 aliphatic heterocycles. The van der Waals surface area contributed by atoms with Gasteiger partial charge in [-0.25, -0.2) is 15.0 Å². The van der Waals surface area contributed by atoms with E-state index in [2.05, 4.69) is 20.3 Å². The Morgan fingerprint density at radius 1 is 1.42 bits per heavy atom. The lowest BCUT2D eigenvalue weighted by Gasteiger charge is -2.20. The standard InChI is InChI=1S/C17H22N4O2S/c1-11-15(24-12(2)20-11)8-16(22)19-9-14-5-6-18-17(21-14)13-4-3-7-23-10-13/h5-6,13H,3-4,7-10H2,1-2H3,(H,19,22)/t13-/m0/s1. The number of ether oxygens (including phenoxy) is 1. The summed E-state index contributed by atoms with van der Waals surface area (Å²) in [7, 11) is 0. The molecule has 0 unspecified atom stereocenters. The van der Waals surface area contributed by atoms with Gasteiger partial charge in [-0.3, -0.25) is 4.79 Å². The lowest BCUT2D eigenvalue weighted by molar-refractivity contribution is -0.120. The molecule has 6 nitrogen and oxygen atoms in total. The van der Waals surface area contributed by atoms with Crippen molar-refractivity contribution in [3.05, 3.63) is 39.4 Å². The Bertz CT molecular complexity index is 710. The number of nitrogens with zero attached hydrogens (tertiary/aromatic N) is 3. The van der Waals surface area contributed by atoms with Crippen LogP contribution in [0.25, 0.3) is 0 Å². The fourth-order valence-corrected chi connectivity index (χ4v) is 3.72. The van der Waals surface area contributed by atoms with Crippen molar-refractivity contribution in [2.75, 3.05) is 13.2 Å². The molecule has 0 bridgehead atoms. The maximum Gasteiger partial charge on any atom is 0.225 e. The maximum absolute atomic E-state index is 12.1. The highest BCUT2D eigenvalue weighted by Crippen LogP contribution is 2.22. The number of rotatable bonds is 5. The largest absolute Gasteiger partial charge is 0.381 e. The SMILES string of the molecule is Cc1nc(C)c(CC(=O)NCc2ccnc([C@H]3CCCOC3)n2)s1. The van der Waals surface area contributed by atoms with Crippen molar-refractivity contribution in [2.24, 2.45) is 0 Å². The van der Waals surface area contributed by atoms with Crippen molar-refractivity contribution < 1.29 is 9.53 Å². The van der Waals surface area contributed by atoms with Crippen molar-refractivity contribution >= 4 is 17.2 Å². The van der Waals surface area contributed by atoms with Gasteiger partial charge in [0.2, 0.25) is 5.91 Å². The van der Waals surface area contributed by atoms with Crippen molar-refractivity contribution in [1.82, 2.24) is 20.3 Å². The lowest BCUT2D eigenvalue weighted by atomic mass is 10.0. The second-order valence-corrected chi connectivity index (χ2v) is 7.30. The molecule has 2 aromatic rings. The topological polar surface area (TPSA) is 77.0 Å². The van der Waals surface area contributed by atoms with Crippen molar-refractivity contribution in [1.29, 1.82) is 0 Å². The summed E-state index contributed by atoms with van der Waals surface area (Å²) < 4.78 is 5.50. The molecule has 0 aliphatic carbocycles. The summed E-state index contributed by atoms with van der Waals surface area (Å²) in [6.07, 6.45) is 4.23. The second-order valence-electron chi connectivity index (χ2n) is 6.02. The van der Waals surface area contributed by atoms with Crippen molar-refractivity contribution in [3.8, 4) is 0 Å². The van der Waals surface area contributed by atoms with Crippen LogP contribution in [-0.2, 0) is 22.5 Å². The molecule has 3 rings (SSSR count). The number of thiazole rings is 1. The summed E-state index contributed by atoms with van der Waals surface area (Å²) in [5.74, 6) is 1.07. The minimum Gasteiger partial charge on any atom is -0.381 e. The average Bonchev–Trinajstić information content (AvgIpc) is 2.91. The van der Waals surface area contributed by atoms with Gasteiger partial charge in [-0.15, -0.1) is 11.3 Å². The molecule has 0 radical (unpaired) electrons. The van der Waals surface area contributed by atoms with Gasteiger partial charge in [0.1, 0.15) is 5.82 Å². The minimum atomic E-state index is -0.0112. The molecule has 24 heavy (non-hydrogen) atoms. The first-order chi connectivity index (χ1) is 11.6. The van der Waals surface area contributed by atoms with Crippen LogP contribution in [0.1, 0.15) is 45.9 Å². The predicted octanol–water partition coefficient (Wildman–Crippen LogP) is 2.30. The van der Waals surface area contributed by atoms with E-state index in [-0.39, 0.29) is 11.8 Å². The minimum absolute atomic E-state index is 0.0112. The third-order valence-corrected chi connectivity index (χ3v) is 5.12. The van der Waals surface area contributed by atoms with Crippen LogP contribution in [0.15, 0.2) is 12.3 Å². The smallest absolute Gasteiger partial charge is 0.225 e. The van der Waals surface area contributed by atoms with Crippen molar-refractivity contribution in [2.45, 2.75) is 45.6 Å². The third-order valence-electron chi connectivity index (χ3n) is 4.04. The fraction of sp³-hybridized carbons (Fsp3) is 0.529. The Balaban J connectivity index is 1.56. The van der Waals surface area contributed by atoms with E-state index in [4.69, 9.17) is 4.74 Å². The Morgan fingerprint density at radius 2 is 2.29 bits per heavy atom. The maximum atomic E-state index is 12.1. The first kappa shape index (κ1) is 17.0. The molecular weight excluding hydrogens is 324 g/mol. The zero-order chi connectivity index (χ0) is 16.9. The van der Waals surface area contributed by atoms with Crippen LogP contribution in [-0.4, -0.2) is 34.1 Å². The van der Waals surface area contributed by atoms with Gasteiger partial charge in [0, 0.05) is 23.6 Å². The highest BCUT2D eigenvalue weighted by Gasteiger charge is 2.19. The van der Waals surface area contributed by atoms with E-state index < -0.39 is 0 Å². The van der Waals surface area contributed by atoms with Gasteiger partial charge in [-0.1, -0.05) is 0 Å². The average molecular weight is 346 g/mol. The molecule has 0 spiro atoms. The third kappa shape index (κ3) is 4.36. The zero-order valence-corrected chi connectivity index (χ0v) is 14.9. The molecule has 1 aliphatic rings. The highest BCUT2D eigenvalue weighted by atomic mass is 32.1. The molecular formula is C17H22N4O2S. The molecule has 128 valence electrons. The quantitative estimate of drug-likeness (QED) is 0.899. The van der Waals surface area contributed by atoms with Gasteiger partial charge in [0.25, 0.3) is 0 Å². The number of hydrogen-bond acceptors (Lipinski definition) is 6. The Labute approximate surface area is 145 Å². The summed E-state index contributed by atoms with van der Waals surface area (Å²) in [4.78, 5) is 26.5. The van der Waals surface area contributed by atoms with Crippen LogP contribution < -0.4 is 5.32 Å². The van der Waals surface area contributed by atoms with E-state index in [9.17, 15) is 4.79 Å². The summed E-state index contributed by atoms with van der Waals surface area (Å²) in [6.45, 7) is 5.81. The number of carbonyl (C=O) groups excluding carboxylic acids is 1. The molecule has 1 amide bonds. The number of carbonyl (C=O) groups is 1. The number of nitrogens with one attached hydrogen (secondary N) is 1. The summed E-state index contributed by atoms with van der Waals surface area (Å²) in [6, 6.07) is 1.84. The number of aryl methyl sites for hydroxylation is 2. The van der Waals surface area contributed by atoms with E-state index in [0.717, 1.165) is 46.5 Å². The molecule has 0 saturated carbocycles. The molecule has 1 fully saturated rings. The Morgan fingerprint density at radius 3 is 3.00 bits per heavy atom. The summed E-state index contributed by atoms with van der Waals surface area (Å²) in [5.41, 5.74) is 1.77. The predicted molar refractivity (Wildman–Crippen MR) is 92.0 cm³/mol. The van der Waals surface area contributed by atoms with Crippen LogP contribution in [0.2, 0.25) is 0 Å². The monoisotopic (exact) mass is 346 g/mol. The highest BCUT2D eigenvalue weighted by molar-refractivity contribution is 7.11. The van der Waals surface area contributed by atoms with Crippen LogP contribution in [0, 0.1) is 13.8 Å². The Kier molecular flexibility index (Phi) is 5.52. The van der Waals surface area contributed by atoms with Gasteiger partial charge in [-0.05, 0) is 32.8 Å². The van der Waals surface area contributed by atoms with Crippen LogP contribution in [0.3, 0.4) is 0 Å². The lowest BCUT2D eigenvalue weighted by Crippen LogP contribution is -2.25.